The standard InChI is InChI=1S/C19H19NO3/c1-2-23-19(22)18-14-10-6-7-11-15(14)20-16(12-17(18)21)13-8-4-3-5-9-13/h3-11,16,18,20H,2,12H2,1H3/t16-,18?/m1/s1. The molecule has 0 amide bonds. The first kappa shape index (κ1) is 15.3. The first-order valence-electron chi connectivity index (χ1n) is 7.80. The van der Waals surface area contributed by atoms with E-state index in [2.05, 4.69) is 5.32 Å². The Kier molecular flexibility index (Phi) is 4.42. The van der Waals surface area contributed by atoms with Crippen LogP contribution in [0.1, 0.15) is 36.4 Å². The number of anilines is 1. The monoisotopic (exact) mass is 309 g/mol. The third-order valence-electron chi connectivity index (χ3n) is 4.05. The second kappa shape index (κ2) is 6.65. The van der Waals surface area contributed by atoms with Crippen LogP contribution < -0.4 is 5.32 Å². The van der Waals surface area contributed by atoms with Crippen LogP contribution in [0.15, 0.2) is 54.6 Å². The molecule has 1 heterocycles. The van der Waals surface area contributed by atoms with Crippen molar-refractivity contribution >= 4 is 17.4 Å². The van der Waals surface area contributed by atoms with Crippen molar-refractivity contribution in [1.29, 1.82) is 0 Å². The number of hydrogen-bond acceptors (Lipinski definition) is 4. The Bertz CT molecular complexity index is 712. The largest absolute Gasteiger partial charge is 0.465 e. The number of hydrogen-bond donors (Lipinski definition) is 1. The maximum Gasteiger partial charge on any atom is 0.321 e. The molecule has 0 aliphatic carbocycles. The van der Waals surface area contributed by atoms with Crippen LogP contribution in [0.3, 0.4) is 0 Å². The minimum absolute atomic E-state index is 0.116. The van der Waals surface area contributed by atoms with E-state index in [1.807, 2.05) is 54.6 Å². The summed E-state index contributed by atoms with van der Waals surface area (Å²) >= 11 is 0. The lowest BCUT2D eigenvalue weighted by Crippen LogP contribution is -2.24. The SMILES string of the molecule is CCOC(=O)C1C(=O)C[C@H](c2ccccc2)Nc2ccccc21. The zero-order chi connectivity index (χ0) is 16.2. The lowest BCUT2D eigenvalue weighted by atomic mass is 9.91. The first-order chi connectivity index (χ1) is 11.2. The molecule has 0 radical (unpaired) electrons. The number of carbonyl (C=O) groups is 2. The number of para-hydroxylation sites is 1. The molecule has 1 aliphatic heterocycles. The molecule has 0 saturated carbocycles. The van der Waals surface area contributed by atoms with Gasteiger partial charge < -0.3 is 10.1 Å². The number of benzene rings is 2. The van der Waals surface area contributed by atoms with E-state index in [-0.39, 0.29) is 24.9 Å². The maximum absolute atomic E-state index is 12.7. The quantitative estimate of drug-likeness (QED) is 0.697. The van der Waals surface area contributed by atoms with Gasteiger partial charge in [0.05, 0.1) is 12.6 Å². The molecule has 1 aliphatic rings. The van der Waals surface area contributed by atoms with Gasteiger partial charge in [-0.2, -0.15) is 0 Å². The van der Waals surface area contributed by atoms with Gasteiger partial charge in [0.25, 0.3) is 0 Å². The molecule has 1 N–H and O–H groups in total. The lowest BCUT2D eigenvalue weighted by Gasteiger charge is -2.17. The summed E-state index contributed by atoms with van der Waals surface area (Å²) in [5.41, 5.74) is 2.53. The van der Waals surface area contributed by atoms with Gasteiger partial charge in [0.15, 0.2) is 5.78 Å². The van der Waals surface area contributed by atoms with Crippen LogP contribution in [-0.2, 0) is 14.3 Å². The summed E-state index contributed by atoms with van der Waals surface area (Å²) in [6.45, 7) is 2.01. The zero-order valence-corrected chi connectivity index (χ0v) is 13.0. The molecule has 0 saturated heterocycles. The molecule has 0 fully saturated rings. The van der Waals surface area contributed by atoms with Gasteiger partial charge in [-0.1, -0.05) is 48.5 Å². The Morgan fingerprint density at radius 1 is 1.13 bits per heavy atom. The van der Waals surface area contributed by atoms with Crippen LogP contribution in [0.2, 0.25) is 0 Å². The number of rotatable bonds is 3. The van der Waals surface area contributed by atoms with Gasteiger partial charge in [-0.05, 0) is 24.1 Å². The maximum atomic E-state index is 12.7. The molecule has 2 aromatic carbocycles. The molecule has 23 heavy (non-hydrogen) atoms. The number of esters is 1. The highest BCUT2D eigenvalue weighted by atomic mass is 16.5. The van der Waals surface area contributed by atoms with Crippen LogP contribution in [-0.4, -0.2) is 18.4 Å². The van der Waals surface area contributed by atoms with Gasteiger partial charge in [-0.15, -0.1) is 0 Å². The second-order valence-electron chi connectivity index (χ2n) is 5.55. The van der Waals surface area contributed by atoms with Crippen molar-refractivity contribution in [1.82, 2.24) is 0 Å². The second-order valence-corrected chi connectivity index (χ2v) is 5.55. The highest BCUT2D eigenvalue weighted by molar-refractivity contribution is 6.06. The predicted molar refractivity (Wildman–Crippen MR) is 88.2 cm³/mol. The number of Topliss-reactive ketones (excluding diaryl/α,β-unsaturated/α-hetero) is 1. The highest BCUT2D eigenvalue weighted by Crippen LogP contribution is 2.36. The third-order valence-corrected chi connectivity index (χ3v) is 4.05. The molecular formula is C19H19NO3. The van der Waals surface area contributed by atoms with E-state index in [4.69, 9.17) is 4.74 Å². The minimum atomic E-state index is -0.854. The van der Waals surface area contributed by atoms with Crippen molar-refractivity contribution < 1.29 is 14.3 Å². The van der Waals surface area contributed by atoms with E-state index >= 15 is 0 Å². The Morgan fingerprint density at radius 3 is 2.57 bits per heavy atom. The van der Waals surface area contributed by atoms with Crippen LogP contribution in [0, 0.1) is 0 Å². The lowest BCUT2D eigenvalue weighted by molar-refractivity contribution is -0.147. The third kappa shape index (κ3) is 3.11. The van der Waals surface area contributed by atoms with Gasteiger partial charge in [-0.3, -0.25) is 9.59 Å². The molecule has 0 aromatic heterocycles. The van der Waals surface area contributed by atoms with E-state index in [1.54, 1.807) is 6.92 Å². The van der Waals surface area contributed by atoms with Gasteiger partial charge in [0.1, 0.15) is 5.92 Å². The Morgan fingerprint density at radius 2 is 1.83 bits per heavy atom. The average Bonchev–Trinajstić information content (AvgIpc) is 2.71. The summed E-state index contributed by atoms with van der Waals surface area (Å²) < 4.78 is 5.12. The average molecular weight is 309 g/mol. The fraction of sp³-hybridized carbons (Fsp3) is 0.263. The molecule has 4 nitrogen and oxygen atoms in total. The number of ether oxygens (including phenoxy) is 1. The number of ketones is 1. The van der Waals surface area contributed by atoms with E-state index in [1.165, 1.54) is 0 Å². The van der Waals surface area contributed by atoms with Crippen molar-refractivity contribution in [3.63, 3.8) is 0 Å². The van der Waals surface area contributed by atoms with Gasteiger partial charge in [0, 0.05) is 12.1 Å². The molecule has 3 rings (SSSR count). The Hall–Kier alpha value is -2.62. The van der Waals surface area contributed by atoms with Crippen molar-refractivity contribution in [2.24, 2.45) is 0 Å². The van der Waals surface area contributed by atoms with E-state index in [9.17, 15) is 9.59 Å². The predicted octanol–water partition coefficient (Wildman–Crippen LogP) is 3.46. The molecule has 1 unspecified atom stereocenters. The summed E-state index contributed by atoms with van der Waals surface area (Å²) in [4.78, 5) is 25.0. The summed E-state index contributed by atoms with van der Waals surface area (Å²) in [5, 5.41) is 3.40. The van der Waals surface area contributed by atoms with Crippen LogP contribution in [0.4, 0.5) is 5.69 Å². The van der Waals surface area contributed by atoms with Crippen molar-refractivity contribution in [2.45, 2.75) is 25.3 Å². The Balaban J connectivity index is 2.01. The molecule has 2 atom stereocenters. The fourth-order valence-corrected chi connectivity index (χ4v) is 2.98. The number of carbonyl (C=O) groups excluding carboxylic acids is 2. The van der Waals surface area contributed by atoms with Crippen LogP contribution in [0.5, 0.6) is 0 Å². The molecule has 118 valence electrons. The van der Waals surface area contributed by atoms with Gasteiger partial charge in [0.2, 0.25) is 0 Å². The van der Waals surface area contributed by atoms with Crippen LogP contribution >= 0.6 is 0 Å². The Labute approximate surface area is 135 Å². The molecule has 2 aromatic rings. The molecule has 0 bridgehead atoms. The number of fused-ring (bicyclic) bond motifs is 1. The minimum Gasteiger partial charge on any atom is -0.465 e. The fourth-order valence-electron chi connectivity index (χ4n) is 2.98. The zero-order valence-electron chi connectivity index (χ0n) is 13.0. The molecule has 4 heteroatoms. The molecule has 0 spiro atoms. The summed E-state index contributed by atoms with van der Waals surface area (Å²) in [5.74, 6) is -1.44. The highest BCUT2D eigenvalue weighted by Gasteiger charge is 2.36. The van der Waals surface area contributed by atoms with Gasteiger partial charge >= 0.3 is 5.97 Å². The van der Waals surface area contributed by atoms with E-state index < -0.39 is 11.9 Å². The summed E-state index contributed by atoms with van der Waals surface area (Å²) in [6.07, 6.45) is 0.252. The van der Waals surface area contributed by atoms with Crippen molar-refractivity contribution in [2.75, 3.05) is 11.9 Å². The summed E-state index contributed by atoms with van der Waals surface area (Å²) in [7, 11) is 0. The van der Waals surface area contributed by atoms with Gasteiger partial charge in [-0.25, -0.2) is 0 Å². The topological polar surface area (TPSA) is 55.4 Å². The smallest absolute Gasteiger partial charge is 0.321 e. The molecular weight excluding hydrogens is 290 g/mol. The van der Waals surface area contributed by atoms with Crippen molar-refractivity contribution in [3.05, 3.63) is 65.7 Å². The summed E-state index contributed by atoms with van der Waals surface area (Å²) in [6, 6.07) is 17.1. The van der Waals surface area contributed by atoms with Crippen LogP contribution in [0.25, 0.3) is 0 Å². The first-order valence-corrected chi connectivity index (χ1v) is 7.80. The normalized spacial score (nSPS) is 20.1. The van der Waals surface area contributed by atoms with Crippen molar-refractivity contribution in [3.8, 4) is 0 Å². The van der Waals surface area contributed by atoms with E-state index in [0.29, 0.717) is 5.56 Å². The van der Waals surface area contributed by atoms with E-state index in [0.717, 1.165) is 11.3 Å². The number of nitrogens with one attached hydrogen (secondary N) is 1.